The Kier molecular flexibility index (Phi) is 7.94. The SMILES string of the molecule is COCCn1c(Cc2ncc(-c3cccc(OCc4ccc(C#N)cc4F)n3)cc2F)nc2ccc(C(=O)O)cc21. The Morgan fingerprint density at radius 2 is 1.93 bits per heavy atom. The van der Waals surface area contributed by atoms with Gasteiger partial charge in [-0.15, -0.1) is 0 Å². The van der Waals surface area contributed by atoms with Crippen LogP contribution in [0.5, 0.6) is 5.88 Å². The molecule has 0 atom stereocenters. The number of benzene rings is 2. The number of ether oxygens (including phenoxy) is 2. The number of carboxylic acids is 1. The van der Waals surface area contributed by atoms with E-state index in [2.05, 4.69) is 15.0 Å². The van der Waals surface area contributed by atoms with Crippen LogP contribution < -0.4 is 4.74 Å². The first-order valence-electron chi connectivity index (χ1n) is 12.5. The maximum absolute atomic E-state index is 15.3. The van der Waals surface area contributed by atoms with E-state index in [9.17, 15) is 14.3 Å². The minimum atomic E-state index is -1.05. The van der Waals surface area contributed by atoms with E-state index in [-0.39, 0.29) is 41.3 Å². The summed E-state index contributed by atoms with van der Waals surface area (Å²) in [7, 11) is 1.56. The second-order valence-corrected chi connectivity index (χ2v) is 9.08. The Labute approximate surface area is 233 Å². The summed E-state index contributed by atoms with van der Waals surface area (Å²) < 4.78 is 42.1. The van der Waals surface area contributed by atoms with E-state index < -0.39 is 17.6 Å². The van der Waals surface area contributed by atoms with Crippen molar-refractivity contribution in [2.24, 2.45) is 0 Å². The summed E-state index contributed by atoms with van der Waals surface area (Å²) in [6, 6.07) is 16.9. The molecular weight excluding hydrogens is 532 g/mol. The molecule has 0 bridgehead atoms. The van der Waals surface area contributed by atoms with Gasteiger partial charge < -0.3 is 19.1 Å². The molecule has 0 aliphatic rings. The van der Waals surface area contributed by atoms with E-state index in [1.54, 1.807) is 35.9 Å². The first-order valence-corrected chi connectivity index (χ1v) is 12.5. The van der Waals surface area contributed by atoms with E-state index in [1.807, 2.05) is 6.07 Å². The Balaban J connectivity index is 1.36. The molecule has 0 amide bonds. The number of carboxylic acid groups (broad SMARTS) is 1. The van der Waals surface area contributed by atoms with Gasteiger partial charge in [0.15, 0.2) is 0 Å². The van der Waals surface area contributed by atoms with E-state index in [0.29, 0.717) is 41.3 Å². The van der Waals surface area contributed by atoms with Crippen molar-refractivity contribution in [1.82, 2.24) is 19.5 Å². The third kappa shape index (κ3) is 6.03. The van der Waals surface area contributed by atoms with Gasteiger partial charge in [0.2, 0.25) is 5.88 Å². The zero-order valence-electron chi connectivity index (χ0n) is 21.8. The number of aromatic carboxylic acids is 1. The number of nitriles is 1. The molecule has 3 aromatic heterocycles. The summed E-state index contributed by atoms with van der Waals surface area (Å²) in [5.74, 6) is -1.45. The minimum absolute atomic E-state index is 0.0691. The molecule has 5 rings (SSSR count). The second kappa shape index (κ2) is 11.9. The quantitative estimate of drug-likeness (QED) is 0.251. The number of nitrogens with zero attached hydrogens (tertiary/aromatic N) is 5. The Hall–Kier alpha value is -5.21. The van der Waals surface area contributed by atoms with Gasteiger partial charge in [-0.3, -0.25) is 4.98 Å². The van der Waals surface area contributed by atoms with E-state index in [4.69, 9.17) is 14.7 Å². The predicted octanol–water partition coefficient (Wildman–Crippen LogP) is 5.16. The molecule has 0 unspecified atom stereocenters. The van der Waals surface area contributed by atoms with Gasteiger partial charge in [0, 0.05) is 37.0 Å². The first kappa shape index (κ1) is 27.4. The zero-order chi connectivity index (χ0) is 28.9. The van der Waals surface area contributed by atoms with Crippen LogP contribution in [0.1, 0.15) is 33.0 Å². The van der Waals surface area contributed by atoms with Crippen LogP contribution in [0.15, 0.2) is 66.9 Å². The average molecular weight is 556 g/mol. The van der Waals surface area contributed by atoms with Crippen LogP contribution in [-0.2, 0) is 24.3 Å². The lowest BCUT2D eigenvalue weighted by molar-refractivity contribution is 0.0697. The van der Waals surface area contributed by atoms with Gasteiger partial charge >= 0.3 is 5.97 Å². The minimum Gasteiger partial charge on any atom is -0.478 e. The molecule has 0 fully saturated rings. The predicted molar refractivity (Wildman–Crippen MR) is 144 cm³/mol. The molecule has 0 aliphatic carbocycles. The van der Waals surface area contributed by atoms with Crippen LogP contribution in [-0.4, -0.2) is 44.3 Å². The number of pyridine rings is 2. The van der Waals surface area contributed by atoms with Gasteiger partial charge in [-0.25, -0.2) is 23.5 Å². The van der Waals surface area contributed by atoms with Crippen molar-refractivity contribution in [2.75, 3.05) is 13.7 Å². The Bertz CT molecular complexity index is 1800. The van der Waals surface area contributed by atoms with Crippen LogP contribution in [0.2, 0.25) is 0 Å². The van der Waals surface area contributed by atoms with Crippen LogP contribution in [0, 0.1) is 23.0 Å². The normalized spacial score (nSPS) is 11.0. The number of rotatable bonds is 10. The second-order valence-electron chi connectivity index (χ2n) is 9.08. The largest absolute Gasteiger partial charge is 0.478 e. The summed E-state index contributed by atoms with van der Waals surface area (Å²) in [5.41, 5.74) is 2.78. The average Bonchev–Trinajstić information content (AvgIpc) is 3.32. The molecule has 3 heterocycles. The fourth-order valence-corrected chi connectivity index (χ4v) is 4.30. The highest BCUT2D eigenvalue weighted by Gasteiger charge is 2.17. The molecule has 0 radical (unpaired) electrons. The van der Waals surface area contributed by atoms with Crippen molar-refractivity contribution >= 4 is 17.0 Å². The van der Waals surface area contributed by atoms with Crippen molar-refractivity contribution in [3.05, 3.63) is 107 Å². The number of hydrogen-bond donors (Lipinski definition) is 1. The lowest BCUT2D eigenvalue weighted by atomic mass is 10.1. The smallest absolute Gasteiger partial charge is 0.335 e. The monoisotopic (exact) mass is 555 g/mol. The highest BCUT2D eigenvalue weighted by Crippen LogP contribution is 2.25. The molecule has 2 aromatic carbocycles. The Morgan fingerprint density at radius 3 is 2.66 bits per heavy atom. The number of methoxy groups -OCH3 is 1. The van der Waals surface area contributed by atoms with Gasteiger partial charge in [0.1, 0.15) is 24.1 Å². The highest BCUT2D eigenvalue weighted by molar-refractivity contribution is 5.92. The topological polar surface area (TPSA) is 123 Å². The third-order valence-corrected chi connectivity index (χ3v) is 6.41. The first-order chi connectivity index (χ1) is 19.9. The molecule has 0 saturated heterocycles. The summed E-state index contributed by atoms with van der Waals surface area (Å²) >= 11 is 0. The fourth-order valence-electron chi connectivity index (χ4n) is 4.30. The van der Waals surface area contributed by atoms with Crippen LogP contribution in [0.4, 0.5) is 8.78 Å². The molecule has 1 N–H and O–H groups in total. The maximum Gasteiger partial charge on any atom is 0.335 e. The summed E-state index contributed by atoms with van der Waals surface area (Å²) in [5, 5.41) is 18.3. The molecule has 11 heteroatoms. The highest BCUT2D eigenvalue weighted by atomic mass is 19.1. The summed E-state index contributed by atoms with van der Waals surface area (Å²) in [6.07, 6.45) is 1.56. The zero-order valence-corrected chi connectivity index (χ0v) is 21.8. The lowest BCUT2D eigenvalue weighted by Crippen LogP contribution is -2.10. The Morgan fingerprint density at radius 1 is 1.07 bits per heavy atom. The number of hydrogen-bond acceptors (Lipinski definition) is 7. The van der Waals surface area contributed by atoms with Crippen molar-refractivity contribution < 1.29 is 28.2 Å². The summed E-state index contributed by atoms with van der Waals surface area (Å²) in [6.45, 7) is 0.651. The van der Waals surface area contributed by atoms with Crippen molar-refractivity contribution in [3.8, 4) is 23.2 Å². The fraction of sp³-hybridized carbons (Fsp3) is 0.167. The molecule has 9 nitrogen and oxygen atoms in total. The number of fused-ring (bicyclic) bond motifs is 1. The molecule has 41 heavy (non-hydrogen) atoms. The number of halogens is 2. The van der Waals surface area contributed by atoms with Gasteiger partial charge in [0.25, 0.3) is 0 Å². The van der Waals surface area contributed by atoms with Gasteiger partial charge in [-0.2, -0.15) is 5.26 Å². The molecule has 0 saturated carbocycles. The van der Waals surface area contributed by atoms with Gasteiger partial charge in [-0.05, 0) is 42.5 Å². The van der Waals surface area contributed by atoms with Crippen LogP contribution in [0.25, 0.3) is 22.3 Å². The molecule has 5 aromatic rings. The van der Waals surface area contributed by atoms with Crippen molar-refractivity contribution in [1.29, 1.82) is 5.26 Å². The van der Waals surface area contributed by atoms with Crippen LogP contribution >= 0.6 is 0 Å². The molecule has 206 valence electrons. The lowest BCUT2D eigenvalue weighted by Gasteiger charge is -2.10. The van der Waals surface area contributed by atoms with Crippen molar-refractivity contribution in [3.63, 3.8) is 0 Å². The van der Waals surface area contributed by atoms with Crippen LogP contribution in [0.3, 0.4) is 0 Å². The van der Waals surface area contributed by atoms with E-state index >= 15 is 4.39 Å². The number of aromatic nitrogens is 4. The molecular formula is C30H23F2N5O4. The van der Waals surface area contributed by atoms with Crippen molar-refractivity contribution in [2.45, 2.75) is 19.6 Å². The standard InChI is InChI=1S/C30H23F2N5O4/c1-40-10-9-37-27-13-19(30(38)39)7-8-25(27)35-28(37)14-26-23(32)12-21(16-34-26)24-3-2-4-29(36-24)41-17-20-6-5-18(15-33)11-22(20)31/h2-8,11-13,16H,9-10,14,17H2,1H3,(H,38,39). The molecule has 0 spiro atoms. The van der Waals surface area contributed by atoms with Gasteiger partial charge in [-0.1, -0.05) is 12.1 Å². The third-order valence-electron chi connectivity index (χ3n) is 6.41. The molecule has 0 aliphatic heterocycles. The summed E-state index contributed by atoms with van der Waals surface area (Å²) in [4.78, 5) is 24.8. The maximum atomic E-state index is 15.3. The number of carbonyl (C=O) groups is 1. The van der Waals surface area contributed by atoms with E-state index in [1.165, 1.54) is 36.5 Å². The number of imidazole rings is 1. The van der Waals surface area contributed by atoms with E-state index in [0.717, 1.165) is 6.07 Å². The van der Waals surface area contributed by atoms with Gasteiger partial charge in [0.05, 0.1) is 52.6 Å².